The standard InChI is InChI=1S/C24H25N3O3S/c1-5-29-24(28)19-14(2)30-22(25)21(23-26-17-8-6-7-9-18(17)31-23)20(19)15-10-12-16(13-11-15)27(3)4/h6-13,20H,5,25H2,1-4H3/t20-/m1/s1. The lowest BCUT2D eigenvalue weighted by Crippen LogP contribution is -2.25. The van der Waals surface area contributed by atoms with E-state index in [1.165, 1.54) is 11.3 Å². The second kappa shape index (κ2) is 8.43. The van der Waals surface area contributed by atoms with Crippen molar-refractivity contribution in [3.63, 3.8) is 0 Å². The quantitative estimate of drug-likeness (QED) is 0.588. The molecule has 0 aliphatic carbocycles. The van der Waals surface area contributed by atoms with Gasteiger partial charge in [0.05, 0.1) is 33.9 Å². The minimum atomic E-state index is -0.440. The first-order chi connectivity index (χ1) is 14.9. The van der Waals surface area contributed by atoms with Gasteiger partial charge in [-0.2, -0.15) is 0 Å². The van der Waals surface area contributed by atoms with Crippen molar-refractivity contribution >= 4 is 38.8 Å². The van der Waals surface area contributed by atoms with Crippen molar-refractivity contribution in [2.75, 3.05) is 25.6 Å². The number of para-hydroxylation sites is 1. The minimum Gasteiger partial charge on any atom is -0.463 e. The predicted octanol–water partition coefficient (Wildman–Crippen LogP) is 4.64. The van der Waals surface area contributed by atoms with E-state index in [2.05, 4.69) is 0 Å². The number of thiazole rings is 1. The van der Waals surface area contributed by atoms with Crippen LogP contribution in [0.5, 0.6) is 0 Å². The summed E-state index contributed by atoms with van der Waals surface area (Å²) in [6, 6.07) is 16.0. The van der Waals surface area contributed by atoms with Crippen LogP contribution in [0.4, 0.5) is 5.69 Å². The number of hydrogen-bond donors (Lipinski definition) is 1. The van der Waals surface area contributed by atoms with Gasteiger partial charge in [-0.15, -0.1) is 11.3 Å². The number of fused-ring (bicyclic) bond motifs is 1. The van der Waals surface area contributed by atoms with Crippen LogP contribution in [0.25, 0.3) is 15.8 Å². The number of esters is 1. The molecule has 1 aromatic heterocycles. The third kappa shape index (κ3) is 3.88. The second-order valence-electron chi connectivity index (χ2n) is 7.48. The third-order valence-electron chi connectivity index (χ3n) is 5.25. The number of allylic oxidation sites excluding steroid dienone is 2. The van der Waals surface area contributed by atoms with E-state index in [1.54, 1.807) is 13.8 Å². The number of hydrogen-bond acceptors (Lipinski definition) is 7. The number of nitrogens with two attached hydrogens (primary N) is 1. The van der Waals surface area contributed by atoms with Crippen molar-refractivity contribution in [1.29, 1.82) is 0 Å². The van der Waals surface area contributed by atoms with Crippen molar-refractivity contribution in [3.8, 4) is 0 Å². The van der Waals surface area contributed by atoms with Gasteiger partial charge in [0.2, 0.25) is 0 Å². The van der Waals surface area contributed by atoms with Crippen molar-refractivity contribution in [1.82, 2.24) is 4.98 Å². The van der Waals surface area contributed by atoms with Gasteiger partial charge in [0.1, 0.15) is 10.8 Å². The molecule has 2 N–H and O–H groups in total. The molecule has 0 fully saturated rings. The van der Waals surface area contributed by atoms with E-state index < -0.39 is 11.9 Å². The van der Waals surface area contributed by atoms with Gasteiger partial charge in [-0.3, -0.25) is 0 Å². The first kappa shape index (κ1) is 20.9. The zero-order chi connectivity index (χ0) is 22.1. The second-order valence-corrected chi connectivity index (χ2v) is 8.51. The van der Waals surface area contributed by atoms with Gasteiger partial charge in [-0.05, 0) is 43.7 Å². The van der Waals surface area contributed by atoms with Crippen LogP contribution in [0.1, 0.15) is 30.3 Å². The molecule has 6 nitrogen and oxygen atoms in total. The summed E-state index contributed by atoms with van der Waals surface area (Å²) in [7, 11) is 3.98. The highest BCUT2D eigenvalue weighted by atomic mass is 32.1. The fourth-order valence-corrected chi connectivity index (χ4v) is 4.80. The Hall–Kier alpha value is -3.32. The number of nitrogens with zero attached hydrogens (tertiary/aromatic N) is 2. The maximum atomic E-state index is 13.0. The summed E-state index contributed by atoms with van der Waals surface area (Å²) in [4.78, 5) is 19.8. The van der Waals surface area contributed by atoms with E-state index in [4.69, 9.17) is 20.2 Å². The van der Waals surface area contributed by atoms with Gasteiger partial charge in [0.15, 0.2) is 5.88 Å². The Labute approximate surface area is 185 Å². The van der Waals surface area contributed by atoms with Gasteiger partial charge in [0.25, 0.3) is 0 Å². The Bertz CT molecular complexity index is 1160. The fraction of sp³-hybridized carbons (Fsp3) is 0.250. The molecule has 160 valence electrons. The van der Waals surface area contributed by atoms with E-state index in [9.17, 15) is 4.79 Å². The molecule has 2 aromatic carbocycles. The first-order valence-corrected chi connectivity index (χ1v) is 10.9. The van der Waals surface area contributed by atoms with Crippen molar-refractivity contribution in [3.05, 3.63) is 76.3 Å². The molecule has 0 saturated carbocycles. The highest BCUT2D eigenvalue weighted by Crippen LogP contribution is 2.46. The number of rotatable bonds is 5. The Kier molecular flexibility index (Phi) is 5.69. The molecule has 3 aromatic rings. The van der Waals surface area contributed by atoms with Gasteiger partial charge < -0.3 is 20.1 Å². The lowest BCUT2D eigenvalue weighted by molar-refractivity contribution is -0.139. The summed E-state index contributed by atoms with van der Waals surface area (Å²) >= 11 is 1.53. The van der Waals surface area contributed by atoms with Crippen LogP contribution in [-0.4, -0.2) is 31.7 Å². The Morgan fingerprint density at radius 2 is 1.90 bits per heavy atom. The van der Waals surface area contributed by atoms with Crippen LogP contribution in [0.2, 0.25) is 0 Å². The number of anilines is 1. The average molecular weight is 436 g/mol. The molecule has 1 aliphatic heterocycles. The van der Waals surface area contributed by atoms with Crippen LogP contribution in [0.15, 0.2) is 65.7 Å². The van der Waals surface area contributed by atoms with Crippen LogP contribution < -0.4 is 10.6 Å². The SMILES string of the molecule is CCOC(=O)C1=C(C)OC(N)=C(c2nc3ccccc3s2)[C@@H]1c1ccc(N(C)C)cc1. The van der Waals surface area contributed by atoms with Crippen molar-refractivity contribution in [2.45, 2.75) is 19.8 Å². The van der Waals surface area contributed by atoms with E-state index in [0.29, 0.717) is 16.9 Å². The molecule has 0 amide bonds. The lowest BCUT2D eigenvalue weighted by Gasteiger charge is -2.29. The molecule has 31 heavy (non-hydrogen) atoms. The minimum absolute atomic E-state index is 0.256. The van der Waals surface area contributed by atoms with Crippen LogP contribution in [-0.2, 0) is 14.3 Å². The third-order valence-corrected chi connectivity index (χ3v) is 6.32. The molecule has 0 bridgehead atoms. The van der Waals surface area contributed by atoms with E-state index in [1.807, 2.05) is 67.5 Å². The van der Waals surface area contributed by atoms with Crippen LogP contribution in [0, 0.1) is 0 Å². The maximum absolute atomic E-state index is 13.0. The average Bonchev–Trinajstić information content (AvgIpc) is 3.17. The number of aromatic nitrogens is 1. The molecule has 4 rings (SSSR count). The van der Waals surface area contributed by atoms with Gasteiger partial charge in [-0.1, -0.05) is 24.3 Å². The monoisotopic (exact) mass is 435 g/mol. The van der Waals surface area contributed by atoms with Crippen LogP contribution in [0.3, 0.4) is 0 Å². The van der Waals surface area contributed by atoms with Crippen molar-refractivity contribution < 1.29 is 14.3 Å². The summed E-state index contributed by atoms with van der Waals surface area (Å²) in [6.07, 6.45) is 0. The molecule has 1 aliphatic rings. The topological polar surface area (TPSA) is 77.7 Å². The molecule has 0 unspecified atom stereocenters. The molecule has 0 radical (unpaired) electrons. The molecule has 0 spiro atoms. The Balaban J connectivity index is 1.90. The largest absolute Gasteiger partial charge is 0.463 e. The lowest BCUT2D eigenvalue weighted by atomic mass is 9.82. The summed E-state index contributed by atoms with van der Waals surface area (Å²) in [5.41, 5.74) is 10.4. The fourth-order valence-electron chi connectivity index (χ4n) is 3.75. The van der Waals surface area contributed by atoms with E-state index in [-0.39, 0.29) is 12.5 Å². The molecule has 7 heteroatoms. The summed E-state index contributed by atoms with van der Waals surface area (Å²) in [5, 5.41) is 0.731. The summed E-state index contributed by atoms with van der Waals surface area (Å²) < 4.78 is 12.3. The van der Waals surface area contributed by atoms with E-state index in [0.717, 1.165) is 26.5 Å². The number of carbonyl (C=O) groups excluding carboxylic acids is 1. The smallest absolute Gasteiger partial charge is 0.338 e. The van der Waals surface area contributed by atoms with Gasteiger partial charge >= 0.3 is 5.97 Å². The van der Waals surface area contributed by atoms with E-state index >= 15 is 0 Å². The van der Waals surface area contributed by atoms with Crippen LogP contribution >= 0.6 is 11.3 Å². The van der Waals surface area contributed by atoms with Gasteiger partial charge in [0, 0.05) is 19.8 Å². The Morgan fingerprint density at radius 1 is 1.19 bits per heavy atom. The van der Waals surface area contributed by atoms with Gasteiger partial charge in [-0.25, -0.2) is 9.78 Å². The first-order valence-electron chi connectivity index (χ1n) is 10.1. The zero-order valence-electron chi connectivity index (χ0n) is 18.0. The predicted molar refractivity (Wildman–Crippen MR) is 125 cm³/mol. The number of carbonyl (C=O) groups is 1. The summed E-state index contributed by atoms with van der Waals surface area (Å²) in [6.45, 7) is 3.81. The number of benzene rings is 2. The zero-order valence-corrected chi connectivity index (χ0v) is 18.8. The molecule has 0 saturated heterocycles. The molecular formula is C24H25N3O3S. The molecule has 2 heterocycles. The number of ether oxygens (including phenoxy) is 2. The highest BCUT2D eigenvalue weighted by Gasteiger charge is 2.38. The summed E-state index contributed by atoms with van der Waals surface area (Å²) in [5.74, 6) is -0.147. The normalized spacial score (nSPS) is 16.5. The molecule has 1 atom stereocenters. The molecular weight excluding hydrogens is 410 g/mol. The maximum Gasteiger partial charge on any atom is 0.338 e. The Morgan fingerprint density at radius 3 is 2.55 bits per heavy atom. The highest BCUT2D eigenvalue weighted by molar-refractivity contribution is 7.19. The van der Waals surface area contributed by atoms with Crippen molar-refractivity contribution in [2.24, 2.45) is 5.73 Å².